The Kier molecular flexibility index (Phi) is 8.92. The van der Waals surface area contributed by atoms with E-state index in [4.69, 9.17) is 16.6 Å². The quantitative estimate of drug-likeness (QED) is 0.307. The summed E-state index contributed by atoms with van der Waals surface area (Å²) in [4.78, 5) is 24.7. The van der Waals surface area contributed by atoms with Gasteiger partial charge in [-0.05, 0) is 29.8 Å². The minimum Gasteiger partial charge on any atom is -0.381 e. The smallest absolute Gasteiger partial charge is 0.222 e. The van der Waals surface area contributed by atoms with Gasteiger partial charge < -0.3 is 10.1 Å². The van der Waals surface area contributed by atoms with Gasteiger partial charge in [-0.2, -0.15) is 0 Å². The summed E-state index contributed by atoms with van der Waals surface area (Å²) in [5.74, 6) is 0.302. The summed E-state index contributed by atoms with van der Waals surface area (Å²) in [5.41, 5.74) is 3.19. The lowest BCUT2D eigenvalue weighted by atomic mass is 10.1. The molecule has 0 aliphatic heterocycles. The molecule has 0 unspecified atom stereocenters. The predicted molar refractivity (Wildman–Crippen MR) is 119 cm³/mol. The van der Waals surface area contributed by atoms with Crippen molar-refractivity contribution in [2.45, 2.75) is 19.8 Å². The van der Waals surface area contributed by atoms with Gasteiger partial charge in [0, 0.05) is 30.5 Å². The van der Waals surface area contributed by atoms with E-state index in [1.165, 1.54) is 0 Å². The molecular weight excluding hydrogens is 408 g/mol. The number of methoxy groups -OCH3 is 1. The molecular formula is C21H23ClN4O2S. The van der Waals surface area contributed by atoms with Crippen LogP contribution in [0.25, 0.3) is 21.8 Å². The lowest BCUT2D eigenvalue weighted by Gasteiger charge is -2.05. The highest BCUT2D eigenvalue weighted by Gasteiger charge is 2.18. The van der Waals surface area contributed by atoms with Gasteiger partial charge in [0.05, 0.1) is 27.9 Å². The lowest BCUT2D eigenvalue weighted by molar-refractivity contribution is -0.105. The van der Waals surface area contributed by atoms with Gasteiger partial charge in [0.15, 0.2) is 0 Å². The zero-order valence-corrected chi connectivity index (χ0v) is 18.1. The molecule has 0 aliphatic rings. The Labute approximate surface area is 179 Å². The molecule has 8 heteroatoms. The van der Waals surface area contributed by atoms with Crippen molar-refractivity contribution in [1.82, 2.24) is 15.0 Å². The van der Waals surface area contributed by atoms with E-state index in [0.717, 1.165) is 26.8 Å². The molecule has 0 fully saturated rings. The molecule has 0 aliphatic carbocycles. The van der Waals surface area contributed by atoms with Gasteiger partial charge in [-0.3, -0.25) is 4.79 Å². The topological polar surface area (TPSA) is 77.0 Å². The van der Waals surface area contributed by atoms with Crippen molar-refractivity contribution in [2.75, 3.05) is 19.0 Å². The maximum absolute atomic E-state index is 10.7. The van der Waals surface area contributed by atoms with Gasteiger partial charge in [0.25, 0.3) is 0 Å². The van der Waals surface area contributed by atoms with Crippen LogP contribution in [0.4, 0.5) is 5.69 Å². The number of nitrogens with zero attached hydrogens (tertiary/aromatic N) is 3. The van der Waals surface area contributed by atoms with Crippen LogP contribution in [0.2, 0.25) is 5.28 Å². The maximum Gasteiger partial charge on any atom is 0.222 e. The number of aromatic nitrogens is 3. The van der Waals surface area contributed by atoms with Crippen molar-refractivity contribution in [3.63, 3.8) is 0 Å². The Morgan fingerprint density at radius 1 is 1.31 bits per heavy atom. The molecule has 152 valence electrons. The van der Waals surface area contributed by atoms with E-state index in [9.17, 15) is 4.79 Å². The number of amides is 1. The summed E-state index contributed by atoms with van der Waals surface area (Å²) >= 11 is 7.54. The summed E-state index contributed by atoms with van der Waals surface area (Å²) in [5, 5.41) is 3.88. The molecule has 2 heterocycles. The molecule has 29 heavy (non-hydrogen) atoms. The maximum atomic E-state index is 10.7. The second kappa shape index (κ2) is 11.4. The average molecular weight is 431 g/mol. The van der Waals surface area contributed by atoms with Crippen LogP contribution < -0.4 is 5.32 Å². The third-order valence-electron chi connectivity index (χ3n) is 3.64. The van der Waals surface area contributed by atoms with Gasteiger partial charge >= 0.3 is 0 Å². The summed E-state index contributed by atoms with van der Waals surface area (Å²) in [6.07, 6.45) is 4.00. The number of carbonyl (C=O) groups is 1. The molecule has 1 aromatic carbocycles. The van der Waals surface area contributed by atoms with Crippen LogP contribution in [0.15, 0.2) is 49.2 Å². The molecule has 1 amide bonds. The van der Waals surface area contributed by atoms with E-state index < -0.39 is 0 Å². The zero-order valence-electron chi connectivity index (χ0n) is 16.6. The standard InChI is InChI=1S/C17H15ClN4OS.C4H8O/c1-10(2)16-22-14(11-4-3-5-12(8-11)20-9-23)15(24-16)13-6-7-19-17(18)21-13;1-3-4-5-2/h3-10H,1-2H3,(H,20,23);3H,1,4H2,2H3. The van der Waals surface area contributed by atoms with Crippen LogP contribution in [0.1, 0.15) is 24.8 Å². The van der Waals surface area contributed by atoms with Crippen LogP contribution in [-0.4, -0.2) is 35.1 Å². The van der Waals surface area contributed by atoms with Crippen LogP contribution >= 0.6 is 22.9 Å². The summed E-state index contributed by atoms with van der Waals surface area (Å²) in [6, 6.07) is 9.38. The van der Waals surface area contributed by atoms with Gasteiger partial charge in [0.1, 0.15) is 0 Å². The number of carbonyl (C=O) groups excluding carboxylic acids is 1. The van der Waals surface area contributed by atoms with E-state index in [1.807, 2.05) is 30.3 Å². The van der Waals surface area contributed by atoms with Crippen molar-refractivity contribution in [1.29, 1.82) is 0 Å². The average Bonchev–Trinajstić information content (AvgIpc) is 3.16. The van der Waals surface area contributed by atoms with Crippen molar-refractivity contribution in [2.24, 2.45) is 0 Å². The minimum absolute atomic E-state index is 0.203. The Morgan fingerprint density at radius 3 is 2.69 bits per heavy atom. The number of halogens is 1. The highest BCUT2D eigenvalue weighted by atomic mass is 35.5. The molecule has 0 saturated carbocycles. The summed E-state index contributed by atoms with van der Waals surface area (Å²) < 4.78 is 4.57. The van der Waals surface area contributed by atoms with E-state index in [-0.39, 0.29) is 5.28 Å². The van der Waals surface area contributed by atoms with Gasteiger partial charge in [0.2, 0.25) is 11.7 Å². The molecule has 0 atom stereocenters. The number of anilines is 1. The molecule has 3 rings (SSSR count). The van der Waals surface area contributed by atoms with Gasteiger partial charge in [-0.25, -0.2) is 15.0 Å². The van der Waals surface area contributed by atoms with Crippen molar-refractivity contribution in [3.05, 3.63) is 59.5 Å². The van der Waals surface area contributed by atoms with E-state index in [0.29, 0.717) is 24.6 Å². The minimum atomic E-state index is 0.203. The number of thiazole rings is 1. The van der Waals surface area contributed by atoms with Crippen LogP contribution in [0.5, 0.6) is 0 Å². The first-order valence-electron chi connectivity index (χ1n) is 8.90. The molecule has 0 spiro atoms. The first-order valence-corrected chi connectivity index (χ1v) is 10.1. The second-order valence-electron chi connectivity index (χ2n) is 6.18. The highest BCUT2D eigenvalue weighted by Crippen LogP contribution is 2.39. The van der Waals surface area contributed by atoms with Crippen LogP contribution in [0.3, 0.4) is 0 Å². The van der Waals surface area contributed by atoms with Crippen LogP contribution in [-0.2, 0) is 9.53 Å². The predicted octanol–water partition coefficient (Wildman–Crippen LogP) is 5.43. The first-order chi connectivity index (χ1) is 14.0. The van der Waals surface area contributed by atoms with Crippen molar-refractivity contribution >= 4 is 35.0 Å². The third kappa shape index (κ3) is 6.45. The molecule has 6 nitrogen and oxygen atoms in total. The molecule has 0 bridgehead atoms. The number of nitrogens with one attached hydrogen (secondary N) is 1. The Bertz CT molecular complexity index is 959. The fourth-order valence-electron chi connectivity index (χ4n) is 2.36. The SMILES string of the molecule is C=CCOC.CC(C)c1nc(-c2cccc(NC=O)c2)c(-c2ccnc(Cl)n2)s1. The normalized spacial score (nSPS) is 10.2. The first kappa shape index (κ1) is 22.7. The largest absolute Gasteiger partial charge is 0.381 e. The monoisotopic (exact) mass is 430 g/mol. The van der Waals surface area contributed by atoms with E-state index >= 15 is 0 Å². The Hall–Kier alpha value is -2.61. The Morgan fingerprint density at radius 2 is 2.10 bits per heavy atom. The number of hydrogen-bond donors (Lipinski definition) is 1. The number of hydrogen-bond acceptors (Lipinski definition) is 6. The molecule has 0 saturated heterocycles. The summed E-state index contributed by atoms with van der Waals surface area (Å²) in [6.45, 7) is 8.28. The number of rotatable bonds is 7. The van der Waals surface area contributed by atoms with Gasteiger partial charge in [-0.1, -0.05) is 32.1 Å². The molecule has 2 aromatic heterocycles. The van der Waals surface area contributed by atoms with Gasteiger partial charge in [-0.15, -0.1) is 17.9 Å². The lowest BCUT2D eigenvalue weighted by Crippen LogP contribution is -1.94. The molecule has 3 aromatic rings. The Balaban J connectivity index is 0.000000537. The number of benzene rings is 1. The zero-order chi connectivity index (χ0) is 21.2. The van der Waals surface area contributed by atoms with E-state index in [2.05, 4.69) is 40.4 Å². The van der Waals surface area contributed by atoms with E-state index in [1.54, 1.807) is 30.7 Å². The second-order valence-corrected chi connectivity index (χ2v) is 7.55. The van der Waals surface area contributed by atoms with Crippen molar-refractivity contribution < 1.29 is 9.53 Å². The van der Waals surface area contributed by atoms with Crippen molar-refractivity contribution in [3.8, 4) is 21.8 Å². The fraction of sp³-hybridized carbons (Fsp3) is 0.238. The highest BCUT2D eigenvalue weighted by molar-refractivity contribution is 7.15. The fourth-order valence-corrected chi connectivity index (χ4v) is 3.56. The molecule has 1 N–H and O–H groups in total. The number of ether oxygens (including phenoxy) is 1. The third-order valence-corrected chi connectivity index (χ3v) is 5.20. The molecule has 0 radical (unpaired) electrons. The van der Waals surface area contributed by atoms with Crippen LogP contribution in [0, 0.1) is 0 Å². The summed E-state index contributed by atoms with van der Waals surface area (Å²) in [7, 11) is 1.64.